The molecule has 68 heavy (non-hydrogen) atoms. The third kappa shape index (κ3) is 51.4. The second-order valence-corrected chi connectivity index (χ2v) is 20.6. The largest absolute Gasteiger partial charge is 0.545 e. The molecule has 0 amide bonds. The number of hydrogen-bond donors (Lipinski definition) is 0. The van der Waals surface area contributed by atoms with Crippen molar-refractivity contribution in [2.75, 3.05) is 47.5 Å². The molecule has 0 bridgehead atoms. The molecule has 9 heteroatoms. The SMILES string of the molecule is CCCCCCC/C=C\C/C=C\C/C=C\CCCCCCCCCCCCCCCCCCCCC(=O)OC(COC(=O)CCCCCCCCCCCC)COC(OCC[N+](C)(C)C)C(=O)[O-]. The van der Waals surface area contributed by atoms with Crippen molar-refractivity contribution in [3.8, 4) is 0 Å². The fourth-order valence-corrected chi connectivity index (χ4v) is 8.19. The number of carbonyl (C=O) groups excluding carboxylic acids is 3. The Morgan fingerprint density at radius 3 is 1.18 bits per heavy atom. The number of nitrogens with zero attached hydrogens (tertiary/aromatic N) is 1. The van der Waals surface area contributed by atoms with Crippen LogP contribution in [-0.4, -0.2) is 82.3 Å². The predicted molar refractivity (Wildman–Crippen MR) is 283 cm³/mol. The van der Waals surface area contributed by atoms with Crippen LogP contribution in [0.25, 0.3) is 0 Å². The molecule has 0 spiro atoms. The van der Waals surface area contributed by atoms with E-state index >= 15 is 0 Å². The lowest BCUT2D eigenvalue weighted by Crippen LogP contribution is -2.44. The fraction of sp³-hybridized carbons (Fsp3) is 0.847. The number of allylic oxidation sites excluding steroid dienone is 6. The number of carboxylic acid groups (broad SMARTS) is 1. The summed E-state index contributed by atoms with van der Waals surface area (Å²) in [4.78, 5) is 37.1. The minimum atomic E-state index is -1.62. The summed E-state index contributed by atoms with van der Waals surface area (Å²) in [6.07, 6.45) is 57.9. The number of ether oxygens (including phenoxy) is 4. The van der Waals surface area contributed by atoms with Gasteiger partial charge in [-0.3, -0.25) is 9.59 Å². The maximum Gasteiger partial charge on any atom is 0.306 e. The number of aliphatic carboxylic acids is 1. The summed E-state index contributed by atoms with van der Waals surface area (Å²) in [7, 11) is 5.92. The summed E-state index contributed by atoms with van der Waals surface area (Å²) in [6.45, 7) is 4.74. The number of unbranched alkanes of at least 4 members (excludes halogenated alkanes) is 32. The number of rotatable bonds is 53. The molecule has 0 saturated carbocycles. The monoisotopic (exact) mass is 960 g/mol. The fourth-order valence-electron chi connectivity index (χ4n) is 8.19. The van der Waals surface area contributed by atoms with E-state index in [0.29, 0.717) is 23.9 Å². The first-order valence-corrected chi connectivity index (χ1v) is 28.6. The zero-order chi connectivity index (χ0) is 49.9. The van der Waals surface area contributed by atoms with Crippen molar-refractivity contribution in [1.29, 1.82) is 0 Å². The Hall–Kier alpha value is -2.49. The number of hydrogen-bond acceptors (Lipinski definition) is 8. The molecule has 0 fully saturated rings. The summed E-state index contributed by atoms with van der Waals surface area (Å²) in [5.74, 6) is -2.27. The van der Waals surface area contributed by atoms with Gasteiger partial charge in [-0.2, -0.15) is 0 Å². The van der Waals surface area contributed by atoms with Crippen LogP contribution in [0.4, 0.5) is 0 Å². The van der Waals surface area contributed by atoms with Crippen molar-refractivity contribution in [2.45, 2.75) is 277 Å². The molecule has 0 aliphatic heterocycles. The van der Waals surface area contributed by atoms with Gasteiger partial charge in [0.25, 0.3) is 0 Å². The Kier molecular flexibility index (Phi) is 49.0. The van der Waals surface area contributed by atoms with Gasteiger partial charge in [0.1, 0.15) is 13.2 Å². The van der Waals surface area contributed by atoms with Crippen LogP contribution in [0.5, 0.6) is 0 Å². The van der Waals surface area contributed by atoms with E-state index in [0.717, 1.165) is 44.9 Å². The molecule has 0 N–H and O–H groups in total. The lowest BCUT2D eigenvalue weighted by atomic mass is 10.0. The Morgan fingerprint density at radius 2 is 0.794 bits per heavy atom. The van der Waals surface area contributed by atoms with Gasteiger partial charge in [-0.1, -0.05) is 237 Å². The quantitative estimate of drug-likeness (QED) is 0.0195. The maximum atomic E-state index is 12.8. The first kappa shape index (κ1) is 65.5. The van der Waals surface area contributed by atoms with Crippen LogP contribution in [0.1, 0.15) is 264 Å². The Balaban J connectivity index is 4.02. The highest BCUT2D eigenvalue weighted by atomic mass is 16.7. The number of quaternary nitrogens is 1. The first-order chi connectivity index (χ1) is 33.1. The third-order valence-electron chi connectivity index (χ3n) is 12.6. The number of esters is 2. The summed E-state index contributed by atoms with van der Waals surface area (Å²) >= 11 is 0. The predicted octanol–water partition coefficient (Wildman–Crippen LogP) is 15.2. The van der Waals surface area contributed by atoms with Crippen LogP contribution >= 0.6 is 0 Å². The van der Waals surface area contributed by atoms with E-state index in [-0.39, 0.29) is 32.2 Å². The Morgan fingerprint density at radius 1 is 0.441 bits per heavy atom. The van der Waals surface area contributed by atoms with Gasteiger partial charge in [-0.25, -0.2) is 0 Å². The summed E-state index contributed by atoms with van der Waals surface area (Å²) in [5.41, 5.74) is 0. The minimum Gasteiger partial charge on any atom is -0.545 e. The van der Waals surface area contributed by atoms with Crippen LogP contribution in [-0.2, 0) is 33.3 Å². The van der Waals surface area contributed by atoms with Crippen LogP contribution in [0, 0.1) is 0 Å². The molecule has 9 nitrogen and oxygen atoms in total. The van der Waals surface area contributed by atoms with E-state index < -0.39 is 24.3 Å². The van der Waals surface area contributed by atoms with Crippen LogP contribution in [0.15, 0.2) is 36.5 Å². The van der Waals surface area contributed by atoms with Crippen molar-refractivity contribution >= 4 is 17.9 Å². The van der Waals surface area contributed by atoms with Crippen LogP contribution in [0.3, 0.4) is 0 Å². The van der Waals surface area contributed by atoms with E-state index in [1.54, 1.807) is 0 Å². The Labute approximate surface area is 420 Å². The van der Waals surface area contributed by atoms with E-state index in [4.69, 9.17) is 18.9 Å². The topological polar surface area (TPSA) is 111 Å². The molecule has 0 aromatic heterocycles. The number of carbonyl (C=O) groups is 3. The molecular formula is C59H109NO8. The molecule has 0 saturated heterocycles. The van der Waals surface area contributed by atoms with Crippen molar-refractivity contribution < 1.29 is 42.9 Å². The van der Waals surface area contributed by atoms with Gasteiger partial charge in [0, 0.05) is 12.8 Å². The van der Waals surface area contributed by atoms with Crippen LogP contribution in [0.2, 0.25) is 0 Å². The van der Waals surface area contributed by atoms with Gasteiger partial charge in [-0.05, 0) is 51.4 Å². The van der Waals surface area contributed by atoms with Gasteiger partial charge in [0.05, 0.1) is 40.3 Å². The lowest BCUT2D eigenvalue weighted by Gasteiger charge is -2.26. The second kappa shape index (κ2) is 50.9. The number of carboxylic acids is 1. The highest BCUT2D eigenvalue weighted by Crippen LogP contribution is 2.17. The van der Waals surface area contributed by atoms with Gasteiger partial charge in [0.2, 0.25) is 0 Å². The van der Waals surface area contributed by atoms with Crippen molar-refractivity contribution in [1.82, 2.24) is 0 Å². The van der Waals surface area contributed by atoms with Gasteiger partial charge in [-0.15, -0.1) is 0 Å². The third-order valence-corrected chi connectivity index (χ3v) is 12.6. The van der Waals surface area contributed by atoms with Crippen molar-refractivity contribution in [3.63, 3.8) is 0 Å². The zero-order valence-corrected chi connectivity index (χ0v) is 45.2. The Bertz CT molecular complexity index is 1210. The van der Waals surface area contributed by atoms with Gasteiger partial charge >= 0.3 is 11.9 Å². The molecule has 0 heterocycles. The summed E-state index contributed by atoms with van der Waals surface area (Å²) in [6, 6.07) is 0. The standard InChI is InChI=1S/C59H109NO8/c1-6-8-10-12-14-16-18-19-20-21-22-23-24-25-26-27-28-29-30-31-32-33-34-35-36-37-38-39-40-42-44-46-48-50-57(62)68-55(54-67-59(58(63)64)65-52-51-60(3,4)5)53-66-56(61)49-47-45-43-41-17-15-13-11-9-7-2/h18-19,21-22,24-25,55,59H,6-17,20,23,26-54H2,1-5H3/b19-18-,22-21-,25-24-. The molecular weight excluding hydrogens is 851 g/mol. The lowest BCUT2D eigenvalue weighted by molar-refractivity contribution is -0.870. The number of likely N-dealkylation sites (N-methyl/N-ethyl adjacent to an activating group) is 1. The highest BCUT2D eigenvalue weighted by molar-refractivity contribution is 5.70. The van der Waals surface area contributed by atoms with E-state index in [9.17, 15) is 19.5 Å². The molecule has 0 aromatic carbocycles. The molecule has 0 aromatic rings. The summed E-state index contributed by atoms with van der Waals surface area (Å²) in [5, 5.41) is 11.7. The normalized spacial score (nSPS) is 13.0. The first-order valence-electron chi connectivity index (χ1n) is 28.6. The highest BCUT2D eigenvalue weighted by Gasteiger charge is 2.22. The molecule has 398 valence electrons. The second-order valence-electron chi connectivity index (χ2n) is 20.6. The molecule has 0 aliphatic rings. The smallest absolute Gasteiger partial charge is 0.306 e. The average Bonchev–Trinajstić information content (AvgIpc) is 3.30. The molecule has 2 atom stereocenters. The van der Waals surface area contributed by atoms with Gasteiger partial charge < -0.3 is 33.3 Å². The summed E-state index contributed by atoms with van der Waals surface area (Å²) < 4.78 is 22.6. The van der Waals surface area contributed by atoms with Crippen molar-refractivity contribution in [2.24, 2.45) is 0 Å². The van der Waals surface area contributed by atoms with Crippen molar-refractivity contribution in [3.05, 3.63) is 36.5 Å². The van der Waals surface area contributed by atoms with E-state index in [2.05, 4.69) is 50.3 Å². The van der Waals surface area contributed by atoms with E-state index in [1.807, 2.05) is 21.1 Å². The van der Waals surface area contributed by atoms with Crippen LogP contribution < -0.4 is 5.11 Å². The maximum absolute atomic E-state index is 12.8. The molecule has 0 aliphatic carbocycles. The average molecular weight is 961 g/mol. The molecule has 2 unspecified atom stereocenters. The van der Waals surface area contributed by atoms with E-state index in [1.165, 1.54) is 186 Å². The molecule has 0 rings (SSSR count). The van der Waals surface area contributed by atoms with Gasteiger partial charge in [0.15, 0.2) is 12.4 Å². The minimum absolute atomic E-state index is 0.150. The molecule has 0 radical (unpaired) electrons. The zero-order valence-electron chi connectivity index (χ0n) is 45.2.